The number of aromatic nitrogens is 1. The molecule has 1 fully saturated rings. The van der Waals surface area contributed by atoms with Gasteiger partial charge in [-0.05, 0) is 19.1 Å². The Balaban J connectivity index is 2.15. The summed E-state index contributed by atoms with van der Waals surface area (Å²) in [7, 11) is 0. The van der Waals surface area contributed by atoms with Crippen LogP contribution in [-0.2, 0) is 11.2 Å². The Bertz CT molecular complexity index is 299. The quantitative estimate of drug-likeness (QED) is 0.860. The molecule has 1 heterocycles. The van der Waals surface area contributed by atoms with Crippen molar-refractivity contribution in [2.75, 3.05) is 12.8 Å². The minimum absolute atomic E-state index is 0.243. The highest BCUT2D eigenvalue weighted by Gasteiger charge is 2.39. The van der Waals surface area contributed by atoms with Gasteiger partial charge in [0.2, 0.25) is 0 Å². The van der Waals surface area contributed by atoms with E-state index in [9.17, 15) is 0 Å². The number of rotatable bonds is 4. The molecule has 4 heteroatoms. The Hall–Kier alpha value is -0.0600. The van der Waals surface area contributed by atoms with Gasteiger partial charge in [0.1, 0.15) is 5.01 Å². The topological polar surface area (TPSA) is 38.9 Å². The van der Waals surface area contributed by atoms with Gasteiger partial charge in [0.15, 0.2) is 0 Å². The fraction of sp³-hybridized carbons (Fsp3) is 0.700. The molecule has 2 nitrogen and oxygen atoms in total. The van der Waals surface area contributed by atoms with E-state index < -0.39 is 0 Å². The van der Waals surface area contributed by atoms with Gasteiger partial charge in [-0.2, -0.15) is 11.8 Å². The molecule has 0 radical (unpaired) electrons. The molecule has 78 valence electrons. The Morgan fingerprint density at radius 3 is 2.93 bits per heavy atom. The Morgan fingerprint density at radius 2 is 2.43 bits per heavy atom. The summed E-state index contributed by atoms with van der Waals surface area (Å²) in [6.45, 7) is 0.759. The van der Waals surface area contributed by atoms with Crippen molar-refractivity contribution in [3.05, 3.63) is 16.1 Å². The third kappa shape index (κ3) is 1.71. The van der Waals surface area contributed by atoms with Gasteiger partial charge in [-0.3, -0.25) is 0 Å². The van der Waals surface area contributed by atoms with Gasteiger partial charge in [-0.25, -0.2) is 4.98 Å². The van der Waals surface area contributed by atoms with E-state index in [1.54, 1.807) is 11.3 Å². The molecule has 0 atom stereocenters. The maximum Gasteiger partial charge on any atom is 0.103 e. The average Bonchev–Trinajstić information content (AvgIpc) is 2.54. The summed E-state index contributed by atoms with van der Waals surface area (Å²) in [6, 6.07) is 0. The van der Waals surface area contributed by atoms with Gasteiger partial charge in [-0.15, -0.1) is 11.3 Å². The van der Waals surface area contributed by atoms with Crippen molar-refractivity contribution in [3.8, 4) is 0 Å². The average molecular weight is 228 g/mol. The van der Waals surface area contributed by atoms with Gasteiger partial charge in [0.25, 0.3) is 0 Å². The van der Waals surface area contributed by atoms with Crippen molar-refractivity contribution in [1.29, 1.82) is 0 Å². The zero-order chi connectivity index (χ0) is 10.0. The van der Waals surface area contributed by atoms with E-state index >= 15 is 0 Å². The lowest BCUT2D eigenvalue weighted by atomic mass is 9.67. The Morgan fingerprint density at radius 1 is 1.64 bits per heavy atom. The van der Waals surface area contributed by atoms with Crippen molar-refractivity contribution in [3.63, 3.8) is 0 Å². The first-order valence-corrected chi connectivity index (χ1v) is 7.22. The second-order valence-electron chi connectivity index (χ2n) is 3.90. The summed E-state index contributed by atoms with van der Waals surface area (Å²) in [6.07, 6.45) is 5.88. The molecule has 1 aromatic rings. The zero-order valence-electron chi connectivity index (χ0n) is 8.45. The molecule has 1 aliphatic carbocycles. The predicted molar refractivity (Wildman–Crippen MR) is 63.9 cm³/mol. The summed E-state index contributed by atoms with van der Waals surface area (Å²) in [5.41, 5.74) is 7.34. The van der Waals surface area contributed by atoms with Gasteiger partial charge in [0.05, 0.1) is 5.69 Å². The van der Waals surface area contributed by atoms with Gasteiger partial charge >= 0.3 is 0 Å². The van der Waals surface area contributed by atoms with Crippen LogP contribution in [0.2, 0.25) is 0 Å². The lowest BCUT2D eigenvalue weighted by Crippen LogP contribution is -2.41. The number of nitrogens with two attached hydrogens (primary N) is 1. The van der Waals surface area contributed by atoms with Gasteiger partial charge in [0, 0.05) is 23.1 Å². The van der Waals surface area contributed by atoms with E-state index in [-0.39, 0.29) is 5.41 Å². The van der Waals surface area contributed by atoms with E-state index in [2.05, 4.69) is 16.6 Å². The molecule has 0 aromatic carbocycles. The van der Waals surface area contributed by atoms with Crippen LogP contribution in [0, 0.1) is 0 Å². The molecule has 2 N–H and O–H groups in total. The minimum atomic E-state index is 0.243. The second-order valence-corrected chi connectivity index (χ2v) is 5.71. The molecule has 14 heavy (non-hydrogen) atoms. The largest absolute Gasteiger partial charge is 0.330 e. The lowest BCUT2D eigenvalue weighted by Gasteiger charge is -2.39. The Kier molecular flexibility index (Phi) is 3.14. The molecule has 1 aliphatic rings. The number of hydrogen-bond donors (Lipinski definition) is 1. The molecule has 0 aliphatic heterocycles. The summed E-state index contributed by atoms with van der Waals surface area (Å²) in [4.78, 5) is 4.68. The first-order chi connectivity index (χ1) is 6.80. The van der Waals surface area contributed by atoms with Crippen LogP contribution in [0.3, 0.4) is 0 Å². The number of thiazole rings is 1. The fourth-order valence-electron chi connectivity index (χ4n) is 1.91. The molecular formula is C10H16N2S2. The molecule has 0 bridgehead atoms. The van der Waals surface area contributed by atoms with Crippen molar-refractivity contribution < 1.29 is 0 Å². The number of thioether (sulfide) groups is 1. The van der Waals surface area contributed by atoms with E-state index in [1.807, 2.05) is 11.8 Å². The highest BCUT2D eigenvalue weighted by atomic mass is 32.2. The van der Waals surface area contributed by atoms with Gasteiger partial charge in [-0.1, -0.05) is 6.42 Å². The van der Waals surface area contributed by atoms with Crippen molar-refractivity contribution in [2.24, 2.45) is 5.73 Å². The van der Waals surface area contributed by atoms with E-state index in [4.69, 9.17) is 5.73 Å². The van der Waals surface area contributed by atoms with Crippen molar-refractivity contribution in [1.82, 2.24) is 4.98 Å². The minimum Gasteiger partial charge on any atom is -0.330 e. The van der Waals surface area contributed by atoms with Crippen molar-refractivity contribution >= 4 is 23.1 Å². The number of hydrogen-bond acceptors (Lipinski definition) is 4. The fourth-order valence-corrected chi connectivity index (χ4v) is 3.55. The third-order valence-corrected chi connectivity index (χ3v) is 4.66. The normalized spacial score (nSPS) is 19.3. The van der Waals surface area contributed by atoms with E-state index in [1.165, 1.54) is 30.0 Å². The second kappa shape index (κ2) is 4.21. The summed E-state index contributed by atoms with van der Waals surface area (Å²) in [5, 5.41) is 3.45. The first-order valence-electron chi connectivity index (χ1n) is 4.95. The standard InChI is InChI=1S/C10H16N2S2/c1-13-6-9-12-8(5-14-9)10(7-11)3-2-4-10/h5H,2-4,6-7,11H2,1H3. The lowest BCUT2D eigenvalue weighted by molar-refractivity contribution is 0.247. The van der Waals surface area contributed by atoms with Crippen LogP contribution in [0.5, 0.6) is 0 Å². The number of nitrogens with zero attached hydrogens (tertiary/aromatic N) is 1. The molecular weight excluding hydrogens is 212 g/mol. The van der Waals surface area contributed by atoms with Crippen LogP contribution >= 0.6 is 23.1 Å². The van der Waals surface area contributed by atoms with Crippen LogP contribution in [0.1, 0.15) is 30.0 Å². The van der Waals surface area contributed by atoms with Crippen LogP contribution in [0.25, 0.3) is 0 Å². The predicted octanol–water partition coefficient (Wildman–Crippen LogP) is 2.39. The summed E-state index contributed by atoms with van der Waals surface area (Å²) in [5.74, 6) is 1.03. The summed E-state index contributed by atoms with van der Waals surface area (Å²) >= 11 is 3.61. The van der Waals surface area contributed by atoms with E-state index in [0.717, 1.165) is 12.3 Å². The molecule has 0 saturated heterocycles. The van der Waals surface area contributed by atoms with Crippen LogP contribution < -0.4 is 5.73 Å². The van der Waals surface area contributed by atoms with Gasteiger partial charge < -0.3 is 5.73 Å². The molecule has 1 aromatic heterocycles. The van der Waals surface area contributed by atoms with Crippen LogP contribution in [0.4, 0.5) is 0 Å². The van der Waals surface area contributed by atoms with Crippen LogP contribution in [0.15, 0.2) is 5.38 Å². The molecule has 0 unspecified atom stereocenters. The maximum absolute atomic E-state index is 5.84. The highest BCUT2D eigenvalue weighted by molar-refractivity contribution is 7.97. The molecule has 0 amide bonds. The smallest absolute Gasteiger partial charge is 0.103 e. The molecule has 0 spiro atoms. The monoisotopic (exact) mass is 228 g/mol. The first kappa shape index (κ1) is 10.5. The van der Waals surface area contributed by atoms with Crippen molar-refractivity contribution in [2.45, 2.75) is 30.4 Å². The highest BCUT2D eigenvalue weighted by Crippen LogP contribution is 2.43. The Labute approximate surface area is 93.3 Å². The SMILES string of the molecule is CSCc1nc(C2(CN)CCC2)cs1. The molecule has 1 saturated carbocycles. The maximum atomic E-state index is 5.84. The zero-order valence-corrected chi connectivity index (χ0v) is 10.1. The van der Waals surface area contributed by atoms with E-state index in [0.29, 0.717) is 0 Å². The molecule has 2 rings (SSSR count). The third-order valence-electron chi connectivity index (χ3n) is 3.06. The van der Waals surface area contributed by atoms with Crippen LogP contribution in [-0.4, -0.2) is 17.8 Å². The summed E-state index contributed by atoms with van der Waals surface area (Å²) < 4.78 is 0.